The van der Waals surface area contributed by atoms with Crippen LogP contribution in [0.15, 0.2) is 23.3 Å². The SMILES string of the molecule is O=C(CN1CCOCC1)N/N=C/c1cc([N+](=O)[O-])ccc1N1CCCCC1. The van der Waals surface area contributed by atoms with Gasteiger partial charge in [0.2, 0.25) is 0 Å². The van der Waals surface area contributed by atoms with Gasteiger partial charge < -0.3 is 9.64 Å². The number of carbonyl (C=O) groups excluding carboxylic acids is 1. The van der Waals surface area contributed by atoms with E-state index < -0.39 is 4.92 Å². The largest absolute Gasteiger partial charge is 0.379 e. The number of non-ortho nitro benzene ring substituents is 1. The molecule has 1 N–H and O–H groups in total. The number of nitrogens with one attached hydrogen (secondary N) is 1. The maximum Gasteiger partial charge on any atom is 0.270 e. The molecule has 146 valence electrons. The number of hydrogen-bond acceptors (Lipinski definition) is 7. The molecule has 0 unspecified atom stereocenters. The van der Waals surface area contributed by atoms with Crippen molar-refractivity contribution in [1.29, 1.82) is 0 Å². The van der Waals surface area contributed by atoms with Gasteiger partial charge in [-0.15, -0.1) is 0 Å². The van der Waals surface area contributed by atoms with Gasteiger partial charge in [-0.1, -0.05) is 0 Å². The minimum absolute atomic E-state index is 0.0110. The molecule has 2 aliphatic heterocycles. The number of carbonyl (C=O) groups is 1. The third kappa shape index (κ3) is 5.48. The highest BCUT2D eigenvalue weighted by Crippen LogP contribution is 2.26. The van der Waals surface area contributed by atoms with Crippen LogP contribution in [0.3, 0.4) is 0 Å². The molecule has 1 amide bonds. The Balaban J connectivity index is 1.67. The normalized spacial score (nSPS) is 18.6. The number of piperidine rings is 1. The van der Waals surface area contributed by atoms with Crippen LogP contribution < -0.4 is 10.3 Å². The molecule has 0 bridgehead atoms. The van der Waals surface area contributed by atoms with Crippen molar-refractivity contribution in [2.45, 2.75) is 19.3 Å². The molecule has 27 heavy (non-hydrogen) atoms. The standard InChI is InChI=1S/C18H25N5O4/c24-18(14-21-8-10-27-11-9-21)20-19-13-15-12-16(23(25)26)4-5-17(15)22-6-2-1-3-7-22/h4-5,12-13H,1-3,6-11,14H2,(H,20,24)/b19-13+. The average Bonchev–Trinajstić information content (AvgIpc) is 2.69. The monoisotopic (exact) mass is 375 g/mol. The third-order valence-electron chi connectivity index (χ3n) is 4.78. The second kappa shape index (κ2) is 9.43. The maximum atomic E-state index is 12.0. The van der Waals surface area contributed by atoms with E-state index in [1.165, 1.54) is 24.8 Å². The quantitative estimate of drug-likeness (QED) is 0.458. The first kappa shape index (κ1) is 19.2. The molecule has 1 aromatic carbocycles. The lowest BCUT2D eigenvalue weighted by Crippen LogP contribution is -2.42. The Bertz CT molecular complexity index is 697. The van der Waals surface area contributed by atoms with E-state index in [0.717, 1.165) is 44.7 Å². The van der Waals surface area contributed by atoms with Gasteiger partial charge in [0, 0.05) is 49.6 Å². The van der Waals surface area contributed by atoms with Crippen molar-refractivity contribution in [3.05, 3.63) is 33.9 Å². The second-order valence-corrected chi connectivity index (χ2v) is 6.73. The van der Waals surface area contributed by atoms with Gasteiger partial charge in [-0.3, -0.25) is 19.8 Å². The van der Waals surface area contributed by atoms with E-state index in [-0.39, 0.29) is 18.1 Å². The molecule has 1 aromatic rings. The molecule has 0 aromatic heterocycles. The van der Waals surface area contributed by atoms with E-state index in [9.17, 15) is 14.9 Å². The summed E-state index contributed by atoms with van der Waals surface area (Å²) in [5.74, 6) is -0.210. The predicted octanol–water partition coefficient (Wildman–Crippen LogP) is 1.37. The Kier molecular flexibility index (Phi) is 6.72. The zero-order valence-electron chi connectivity index (χ0n) is 15.3. The third-order valence-corrected chi connectivity index (χ3v) is 4.78. The lowest BCUT2D eigenvalue weighted by Gasteiger charge is -2.29. The highest BCUT2D eigenvalue weighted by Gasteiger charge is 2.17. The first-order chi connectivity index (χ1) is 13.1. The first-order valence-electron chi connectivity index (χ1n) is 9.29. The minimum atomic E-state index is -0.422. The van der Waals surface area contributed by atoms with Crippen LogP contribution in [0.4, 0.5) is 11.4 Å². The van der Waals surface area contributed by atoms with Crippen LogP contribution in [0, 0.1) is 10.1 Å². The van der Waals surface area contributed by atoms with Gasteiger partial charge in [-0.05, 0) is 25.3 Å². The Hall–Kier alpha value is -2.52. The lowest BCUT2D eigenvalue weighted by molar-refractivity contribution is -0.384. The molecule has 0 aliphatic carbocycles. The van der Waals surface area contributed by atoms with Gasteiger partial charge in [0.15, 0.2) is 0 Å². The molecule has 0 radical (unpaired) electrons. The van der Waals surface area contributed by atoms with Crippen LogP contribution in [-0.4, -0.2) is 67.9 Å². The highest BCUT2D eigenvalue weighted by molar-refractivity contribution is 5.90. The predicted molar refractivity (Wildman–Crippen MR) is 102 cm³/mol. The summed E-state index contributed by atoms with van der Waals surface area (Å²) in [6.07, 6.45) is 4.90. The van der Waals surface area contributed by atoms with Crippen molar-refractivity contribution in [1.82, 2.24) is 10.3 Å². The summed E-state index contributed by atoms with van der Waals surface area (Å²) in [5.41, 5.74) is 4.07. The minimum Gasteiger partial charge on any atom is -0.379 e. The first-order valence-corrected chi connectivity index (χ1v) is 9.29. The summed E-state index contributed by atoms with van der Waals surface area (Å²) >= 11 is 0. The molecule has 9 heteroatoms. The molecule has 2 saturated heterocycles. The van der Waals surface area contributed by atoms with E-state index in [0.29, 0.717) is 18.8 Å². The van der Waals surface area contributed by atoms with Gasteiger partial charge in [0.1, 0.15) is 0 Å². The number of nitrogens with zero attached hydrogens (tertiary/aromatic N) is 4. The van der Waals surface area contributed by atoms with Crippen molar-refractivity contribution >= 4 is 23.5 Å². The number of benzene rings is 1. The molecule has 2 aliphatic rings. The zero-order chi connectivity index (χ0) is 19.1. The molecule has 0 spiro atoms. The van der Waals surface area contributed by atoms with E-state index in [1.807, 2.05) is 4.90 Å². The summed E-state index contributed by atoms with van der Waals surface area (Å²) in [4.78, 5) is 26.9. The van der Waals surface area contributed by atoms with Gasteiger partial charge in [-0.25, -0.2) is 5.43 Å². The maximum absolute atomic E-state index is 12.0. The van der Waals surface area contributed by atoms with Crippen molar-refractivity contribution in [2.24, 2.45) is 5.10 Å². The Labute approximate surface area is 158 Å². The van der Waals surface area contributed by atoms with Gasteiger partial charge >= 0.3 is 0 Å². The van der Waals surface area contributed by atoms with Crippen molar-refractivity contribution < 1.29 is 14.5 Å². The van der Waals surface area contributed by atoms with Crippen LogP contribution in [0.1, 0.15) is 24.8 Å². The molecule has 2 fully saturated rings. The molecule has 3 rings (SSSR count). The molecule has 9 nitrogen and oxygen atoms in total. The number of morpholine rings is 1. The van der Waals surface area contributed by atoms with Crippen molar-refractivity contribution in [3.8, 4) is 0 Å². The molecular formula is C18H25N5O4. The summed E-state index contributed by atoms with van der Waals surface area (Å²) < 4.78 is 5.26. The fourth-order valence-electron chi connectivity index (χ4n) is 3.35. The van der Waals surface area contributed by atoms with Crippen LogP contribution >= 0.6 is 0 Å². The van der Waals surface area contributed by atoms with Crippen LogP contribution in [-0.2, 0) is 9.53 Å². The highest BCUT2D eigenvalue weighted by atomic mass is 16.6. The Morgan fingerprint density at radius 1 is 1.22 bits per heavy atom. The fourth-order valence-corrected chi connectivity index (χ4v) is 3.35. The van der Waals surface area contributed by atoms with Crippen molar-refractivity contribution in [2.75, 3.05) is 50.8 Å². The zero-order valence-corrected chi connectivity index (χ0v) is 15.3. The summed E-state index contributed by atoms with van der Waals surface area (Å²) in [6, 6.07) is 4.78. The van der Waals surface area contributed by atoms with Crippen LogP contribution in [0.5, 0.6) is 0 Å². The summed E-state index contributed by atoms with van der Waals surface area (Å²) in [7, 11) is 0. The number of rotatable bonds is 6. The topological polar surface area (TPSA) is 100 Å². The summed E-state index contributed by atoms with van der Waals surface area (Å²) in [6.45, 7) is 4.80. The van der Waals surface area contributed by atoms with Gasteiger partial charge in [0.05, 0.1) is 30.9 Å². The average molecular weight is 375 g/mol. The number of ether oxygens (including phenoxy) is 1. The summed E-state index contributed by atoms with van der Waals surface area (Å²) in [5, 5.41) is 15.1. The van der Waals surface area contributed by atoms with E-state index >= 15 is 0 Å². The molecule has 0 saturated carbocycles. The number of nitro groups is 1. The fraction of sp³-hybridized carbons (Fsp3) is 0.556. The molecular weight excluding hydrogens is 350 g/mol. The number of hydrazone groups is 1. The van der Waals surface area contributed by atoms with Crippen molar-refractivity contribution in [3.63, 3.8) is 0 Å². The number of anilines is 1. The molecule has 0 atom stereocenters. The number of hydrogen-bond donors (Lipinski definition) is 1. The van der Waals surface area contributed by atoms with Crippen LogP contribution in [0.2, 0.25) is 0 Å². The van der Waals surface area contributed by atoms with Gasteiger partial charge in [-0.2, -0.15) is 5.10 Å². The molecule has 2 heterocycles. The smallest absolute Gasteiger partial charge is 0.270 e. The van der Waals surface area contributed by atoms with E-state index in [4.69, 9.17) is 4.74 Å². The second-order valence-electron chi connectivity index (χ2n) is 6.73. The van der Waals surface area contributed by atoms with E-state index in [2.05, 4.69) is 15.4 Å². The number of nitro benzene ring substituents is 1. The lowest BCUT2D eigenvalue weighted by atomic mass is 10.1. The van der Waals surface area contributed by atoms with Gasteiger partial charge in [0.25, 0.3) is 11.6 Å². The Morgan fingerprint density at radius 2 is 1.96 bits per heavy atom. The number of amides is 1. The Morgan fingerprint density at radius 3 is 2.67 bits per heavy atom. The van der Waals surface area contributed by atoms with E-state index in [1.54, 1.807) is 6.07 Å². The van der Waals surface area contributed by atoms with Crippen LogP contribution in [0.25, 0.3) is 0 Å².